The third-order valence-corrected chi connectivity index (χ3v) is 3.95. The number of para-hydroxylation sites is 1. The van der Waals surface area contributed by atoms with E-state index in [9.17, 15) is 4.79 Å². The van der Waals surface area contributed by atoms with Gasteiger partial charge < -0.3 is 15.0 Å². The zero-order chi connectivity index (χ0) is 15.4. The second-order valence-corrected chi connectivity index (χ2v) is 5.93. The Bertz CT molecular complexity index is 645. The smallest absolute Gasteiger partial charge is 0.322 e. The summed E-state index contributed by atoms with van der Waals surface area (Å²) in [6, 6.07) is 4.95. The van der Waals surface area contributed by atoms with Crippen molar-refractivity contribution in [3.63, 3.8) is 0 Å². The van der Waals surface area contributed by atoms with Gasteiger partial charge in [0.2, 0.25) is 0 Å². The Morgan fingerprint density at radius 3 is 2.90 bits per heavy atom. The summed E-state index contributed by atoms with van der Waals surface area (Å²) in [4.78, 5) is 18.1. The highest BCUT2D eigenvalue weighted by atomic mass is 35.5. The molecule has 2 rings (SSSR count). The zero-order valence-electron chi connectivity index (χ0n) is 12.0. The fraction of sp³-hybridized carbons (Fsp3) is 0.286. The molecule has 0 saturated heterocycles. The van der Waals surface area contributed by atoms with E-state index in [2.05, 4.69) is 10.3 Å². The normalized spacial score (nSPS) is 10.3. The molecule has 2 amide bonds. The molecule has 2 aromatic rings. The van der Waals surface area contributed by atoms with E-state index >= 15 is 0 Å². The molecule has 112 valence electrons. The first-order valence-electron chi connectivity index (χ1n) is 6.27. The summed E-state index contributed by atoms with van der Waals surface area (Å²) < 4.78 is 5.20. The van der Waals surface area contributed by atoms with Gasteiger partial charge in [0.05, 0.1) is 35.1 Å². The lowest BCUT2D eigenvalue weighted by Crippen LogP contribution is -2.31. The molecule has 7 heteroatoms. The van der Waals surface area contributed by atoms with E-state index in [0.717, 1.165) is 10.7 Å². The van der Waals surface area contributed by atoms with Crippen LogP contribution in [0.4, 0.5) is 10.5 Å². The molecule has 1 aromatic carbocycles. The van der Waals surface area contributed by atoms with E-state index in [0.29, 0.717) is 23.0 Å². The lowest BCUT2D eigenvalue weighted by molar-refractivity contribution is 0.220. The van der Waals surface area contributed by atoms with Crippen LogP contribution in [0.2, 0.25) is 5.02 Å². The second-order valence-electron chi connectivity index (χ2n) is 4.46. The van der Waals surface area contributed by atoms with Crippen molar-refractivity contribution in [1.82, 2.24) is 9.88 Å². The first-order valence-corrected chi connectivity index (χ1v) is 7.52. The molecule has 0 fully saturated rings. The van der Waals surface area contributed by atoms with Gasteiger partial charge in [0, 0.05) is 12.4 Å². The molecular formula is C14H16ClN3O2S. The minimum Gasteiger partial charge on any atom is -0.493 e. The van der Waals surface area contributed by atoms with E-state index in [1.807, 2.05) is 12.3 Å². The van der Waals surface area contributed by atoms with E-state index in [-0.39, 0.29) is 6.03 Å². The van der Waals surface area contributed by atoms with Crippen molar-refractivity contribution in [2.45, 2.75) is 13.5 Å². The average molecular weight is 326 g/mol. The molecule has 0 aliphatic carbocycles. The second kappa shape index (κ2) is 6.78. The van der Waals surface area contributed by atoms with Crippen LogP contribution in [0.1, 0.15) is 10.7 Å². The molecule has 0 unspecified atom stereocenters. The van der Waals surface area contributed by atoms with Gasteiger partial charge in [-0.1, -0.05) is 17.7 Å². The quantitative estimate of drug-likeness (QED) is 0.930. The number of rotatable bonds is 4. The van der Waals surface area contributed by atoms with Gasteiger partial charge in [-0.25, -0.2) is 9.78 Å². The number of aromatic nitrogens is 1. The molecule has 0 aliphatic rings. The number of benzene rings is 1. The number of carbonyl (C=O) groups excluding carboxylic acids is 1. The highest BCUT2D eigenvalue weighted by Gasteiger charge is 2.14. The van der Waals surface area contributed by atoms with Crippen LogP contribution in [0.25, 0.3) is 0 Å². The summed E-state index contributed by atoms with van der Waals surface area (Å²) >= 11 is 7.59. The Morgan fingerprint density at radius 2 is 2.29 bits per heavy atom. The van der Waals surface area contributed by atoms with Crippen molar-refractivity contribution in [2.75, 3.05) is 19.5 Å². The van der Waals surface area contributed by atoms with E-state index in [1.54, 1.807) is 41.5 Å². The minimum atomic E-state index is -0.249. The third-order valence-electron chi connectivity index (χ3n) is 2.83. The van der Waals surface area contributed by atoms with Gasteiger partial charge >= 0.3 is 6.03 Å². The van der Waals surface area contributed by atoms with Crippen molar-refractivity contribution in [1.29, 1.82) is 0 Å². The van der Waals surface area contributed by atoms with Crippen molar-refractivity contribution in [3.8, 4) is 5.75 Å². The van der Waals surface area contributed by atoms with E-state index < -0.39 is 0 Å². The van der Waals surface area contributed by atoms with E-state index in [1.165, 1.54) is 7.11 Å². The predicted molar refractivity (Wildman–Crippen MR) is 85.3 cm³/mol. The number of methoxy groups -OCH3 is 1. The van der Waals surface area contributed by atoms with Gasteiger partial charge in [-0.05, 0) is 19.1 Å². The minimum absolute atomic E-state index is 0.249. The van der Waals surface area contributed by atoms with Gasteiger partial charge in [0.15, 0.2) is 5.75 Å². The number of aryl methyl sites for hydroxylation is 1. The van der Waals surface area contributed by atoms with Crippen LogP contribution in [-0.4, -0.2) is 30.1 Å². The summed E-state index contributed by atoms with van der Waals surface area (Å²) in [5, 5.41) is 6.16. The van der Waals surface area contributed by atoms with Gasteiger partial charge in [-0.3, -0.25) is 0 Å². The highest BCUT2D eigenvalue weighted by molar-refractivity contribution is 7.09. The molecule has 0 spiro atoms. The number of anilines is 1. The molecule has 0 aliphatic heterocycles. The summed E-state index contributed by atoms with van der Waals surface area (Å²) in [5.74, 6) is 0.449. The maximum Gasteiger partial charge on any atom is 0.322 e. The summed E-state index contributed by atoms with van der Waals surface area (Å²) in [7, 11) is 3.22. The number of ether oxygens (including phenoxy) is 1. The van der Waals surface area contributed by atoms with Crippen molar-refractivity contribution >= 4 is 34.7 Å². The number of halogens is 1. The molecule has 0 bridgehead atoms. The van der Waals surface area contributed by atoms with Gasteiger partial charge in [-0.2, -0.15) is 0 Å². The summed E-state index contributed by atoms with van der Waals surface area (Å²) in [6.45, 7) is 2.38. The SMILES string of the molecule is COc1c(Cl)cccc1NC(=O)N(C)Cc1csc(C)n1. The average Bonchev–Trinajstić information content (AvgIpc) is 2.84. The van der Waals surface area contributed by atoms with Crippen molar-refractivity contribution < 1.29 is 9.53 Å². The van der Waals surface area contributed by atoms with Crippen LogP contribution in [0.5, 0.6) is 5.75 Å². The van der Waals surface area contributed by atoms with Crippen LogP contribution in [0.15, 0.2) is 23.6 Å². The number of carbonyl (C=O) groups is 1. The first kappa shape index (κ1) is 15.6. The summed E-state index contributed by atoms with van der Waals surface area (Å²) in [6.07, 6.45) is 0. The van der Waals surface area contributed by atoms with Gasteiger partial charge in [-0.15, -0.1) is 11.3 Å². The lowest BCUT2D eigenvalue weighted by atomic mass is 10.3. The number of urea groups is 1. The Balaban J connectivity index is 2.05. The van der Waals surface area contributed by atoms with Crippen molar-refractivity contribution in [2.24, 2.45) is 0 Å². The van der Waals surface area contributed by atoms with Crippen LogP contribution in [0, 0.1) is 6.92 Å². The van der Waals surface area contributed by atoms with Crippen molar-refractivity contribution in [3.05, 3.63) is 39.3 Å². The molecule has 0 radical (unpaired) electrons. The number of hydrogen-bond donors (Lipinski definition) is 1. The Hall–Kier alpha value is -1.79. The largest absolute Gasteiger partial charge is 0.493 e. The van der Waals surface area contributed by atoms with Crippen LogP contribution in [0.3, 0.4) is 0 Å². The summed E-state index contributed by atoms with van der Waals surface area (Å²) in [5.41, 5.74) is 1.41. The molecule has 21 heavy (non-hydrogen) atoms. The maximum absolute atomic E-state index is 12.2. The highest BCUT2D eigenvalue weighted by Crippen LogP contribution is 2.32. The molecular weight excluding hydrogens is 310 g/mol. The number of thiazole rings is 1. The monoisotopic (exact) mass is 325 g/mol. The fourth-order valence-corrected chi connectivity index (χ4v) is 2.68. The number of nitrogens with zero attached hydrogens (tertiary/aromatic N) is 2. The Morgan fingerprint density at radius 1 is 1.52 bits per heavy atom. The Kier molecular flexibility index (Phi) is 5.03. The molecule has 1 heterocycles. The molecule has 1 N–H and O–H groups in total. The zero-order valence-corrected chi connectivity index (χ0v) is 13.6. The van der Waals surface area contributed by atoms with Gasteiger partial charge in [0.1, 0.15) is 0 Å². The molecule has 0 atom stereocenters. The van der Waals surface area contributed by atoms with E-state index in [4.69, 9.17) is 16.3 Å². The van der Waals surface area contributed by atoms with Crippen LogP contribution in [-0.2, 0) is 6.54 Å². The maximum atomic E-state index is 12.2. The topological polar surface area (TPSA) is 54.5 Å². The Labute approximate surface area is 132 Å². The fourth-order valence-electron chi connectivity index (χ4n) is 1.82. The van der Waals surface area contributed by atoms with Gasteiger partial charge in [0.25, 0.3) is 0 Å². The standard InChI is InChI=1S/C14H16ClN3O2S/c1-9-16-10(8-21-9)7-18(2)14(19)17-12-6-4-5-11(15)13(12)20-3/h4-6,8H,7H2,1-3H3,(H,17,19). The molecule has 0 saturated carbocycles. The molecule has 5 nitrogen and oxygen atoms in total. The predicted octanol–water partition coefficient (Wildman–Crippen LogP) is 3.78. The molecule has 1 aromatic heterocycles. The van der Waals surface area contributed by atoms with Crippen LogP contribution >= 0.6 is 22.9 Å². The number of nitrogens with one attached hydrogen (secondary N) is 1. The number of hydrogen-bond acceptors (Lipinski definition) is 4. The number of amides is 2. The lowest BCUT2D eigenvalue weighted by Gasteiger charge is -2.18. The van der Waals surface area contributed by atoms with Crippen LogP contribution < -0.4 is 10.1 Å². The third kappa shape index (κ3) is 3.86. The first-order chi connectivity index (χ1) is 10.0.